The number of hydrogen-bond donors (Lipinski definition) is 4. The van der Waals surface area contributed by atoms with E-state index in [-0.39, 0.29) is 30.0 Å². The lowest BCUT2D eigenvalue weighted by molar-refractivity contribution is -0.137. The molecular weight excluding hydrogens is 356 g/mol. The molecule has 156 valence electrons. The minimum Gasteiger partial charge on any atom is -0.481 e. The average molecular weight is 391 g/mol. The first-order valence-electron chi connectivity index (χ1n) is 9.93. The van der Waals surface area contributed by atoms with Gasteiger partial charge in [-0.25, -0.2) is 4.79 Å². The van der Waals surface area contributed by atoms with Gasteiger partial charge in [-0.2, -0.15) is 0 Å². The van der Waals surface area contributed by atoms with Crippen LogP contribution in [-0.2, 0) is 11.2 Å². The summed E-state index contributed by atoms with van der Waals surface area (Å²) in [5.41, 5.74) is 7.84. The van der Waals surface area contributed by atoms with Crippen LogP contribution in [0, 0.1) is 5.41 Å². The van der Waals surface area contributed by atoms with Crippen LogP contribution in [0.4, 0.5) is 4.79 Å². The molecule has 0 bridgehead atoms. The molecule has 3 unspecified atom stereocenters. The van der Waals surface area contributed by atoms with Crippen LogP contribution in [-0.4, -0.2) is 53.7 Å². The van der Waals surface area contributed by atoms with Crippen molar-refractivity contribution in [2.45, 2.75) is 64.6 Å². The lowest BCUT2D eigenvalue weighted by Gasteiger charge is -2.27. The summed E-state index contributed by atoms with van der Waals surface area (Å²) in [6.07, 6.45) is 2.00. The maximum atomic E-state index is 12.7. The Morgan fingerprint density at radius 1 is 1.25 bits per heavy atom. The molecule has 1 aliphatic rings. The molecule has 1 aliphatic heterocycles. The standard InChI is InChI=1S/C21H34N4O3/c1-21(2,3)18-13-17(23-24-18)14-25(4)20(28)22-16(10-11-19(26)27)12-15-8-6-5-7-9-15/h5-9,16-18,23-24H,10-14H2,1-4H3,(H,22,28)(H,26,27). The Morgan fingerprint density at radius 3 is 2.50 bits per heavy atom. The summed E-state index contributed by atoms with van der Waals surface area (Å²) >= 11 is 0. The van der Waals surface area contributed by atoms with E-state index in [0.717, 1.165) is 12.0 Å². The second-order valence-corrected chi connectivity index (χ2v) is 8.79. The molecular formula is C21H34N4O3. The number of amides is 2. The summed E-state index contributed by atoms with van der Waals surface area (Å²) in [6.45, 7) is 7.17. The second-order valence-electron chi connectivity index (χ2n) is 8.79. The normalized spacial score (nSPS) is 20.6. The summed E-state index contributed by atoms with van der Waals surface area (Å²) in [5, 5.41) is 12.0. The van der Waals surface area contributed by atoms with E-state index in [2.05, 4.69) is 36.9 Å². The van der Waals surface area contributed by atoms with Crippen molar-refractivity contribution in [1.82, 2.24) is 21.1 Å². The number of nitrogens with zero attached hydrogens (tertiary/aromatic N) is 1. The molecule has 3 atom stereocenters. The monoisotopic (exact) mass is 390 g/mol. The third kappa shape index (κ3) is 7.13. The van der Waals surface area contributed by atoms with Gasteiger partial charge in [-0.3, -0.25) is 15.6 Å². The number of rotatable bonds is 8. The average Bonchev–Trinajstić information content (AvgIpc) is 3.09. The summed E-state index contributed by atoms with van der Waals surface area (Å²) in [5.74, 6) is -0.852. The number of hydrazine groups is 1. The van der Waals surface area contributed by atoms with Crippen molar-refractivity contribution >= 4 is 12.0 Å². The van der Waals surface area contributed by atoms with Crippen LogP contribution in [0.25, 0.3) is 0 Å². The summed E-state index contributed by atoms with van der Waals surface area (Å²) in [6, 6.07) is 9.97. The summed E-state index contributed by atoms with van der Waals surface area (Å²) in [4.78, 5) is 25.3. The molecule has 1 saturated heterocycles. The van der Waals surface area contributed by atoms with E-state index in [9.17, 15) is 9.59 Å². The van der Waals surface area contributed by atoms with Crippen LogP contribution in [0.1, 0.15) is 45.6 Å². The molecule has 1 fully saturated rings. The van der Waals surface area contributed by atoms with Gasteiger partial charge in [-0.15, -0.1) is 0 Å². The molecule has 7 heteroatoms. The van der Waals surface area contributed by atoms with E-state index in [4.69, 9.17) is 5.11 Å². The fourth-order valence-electron chi connectivity index (χ4n) is 3.43. The van der Waals surface area contributed by atoms with Crippen LogP contribution in [0.3, 0.4) is 0 Å². The number of nitrogens with one attached hydrogen (secondary N) is 3. The third-order valence-electron chi connectivity index (χ3n) is 5.23. The first kappa shape index (κ1) is 22.2. The number of carbonyl (C=O) groups excluding carboxylic acids is 1. The highest BCUT2D eigenvalue weighted by Crippen LogP contribution is 2.25. The van der Waals surface area contributed by atoms with Crippen molar-refractivity contribution in [2.75, 3.05) is 13.6 Å². The Labute approximate surface area is 167 Å². The molecule has 28 heavy (non-hydrogen) atoms. The number of hydrogen-bond acceptors (Lipinski definition) is 4. The highest BCUT2D eigenvalue weighted by molar-refractivity contribution is 5.74. The van der Waals surface area contributed by atoms with Crippen molar-refractivity contribution in [1.29, 1.82) is 0 Å². The van der Waals surface area contributed by atoms with Gasteiger partial charge in [-0.1, -0.05) is 51.1 Å². The van der Waals surface area contributed by atoms with Crippen LogP contribution in [0.2, 0.25) is 0 Å². The molecule has 2 rings (SSSR count). The van der Waals surface area contributed by atoms with Gasteiger partial charge in [-0.05, 0) is 30.2 Å². The van der Waals surface area contributed by atoms with Gasteiger partial charge < -0.3 is 15.3 Å². The zero-order valence-corrected chi connectivity index (χ0v) is 17.4. The highest BCUT2D eigenvalue weighted by atomic mass is 16.4. The van der Waals surface area contributed by atoms with E-state index in [0.29, 0.717) is 25.4 Å². The molecule has 1 heterocycles. The second kappa shape index (κ2) is 9.89. The van der Waals surface area contributed by atoms with Gasteiger partial charge >= 0.3 is 12.0 Å². The SMILES string of the molecule is CN(CC1CC(C(C)(C)C)NN1)C(=O)NC(CCC(=O)O)Cc1ccccc1. The first-order valence-corrected chi connectivity index (χ1v) is 9.93. The van der Waals surface area contributed by atoms with E-state index in [1.54, 1.807) is 11.9 Å². The van der Waals surface area contributed by atoms with E-state index < -0.39 is 5.97 Å². The van der Waals surface area contributed by atoms with Crippen LogP contribution in [0.15, 0.2) is 30.3 Å². The molecule has 0 radical (unpaired) electrons. The van der Waals surface area contributed by atoms with Crippen molar-refractivity contribution in [3.63, 3.8) is 0 Å². The van der Waals surface area contributed by atoms with Crippen LogP contribution in [0.5, 0.6) is 0 Å². The van der Waals surface area contributed by atoms with E-state index in [1.165, 1.54) is 0 Å². The molecule has 0 aromatic heterocycles. The van der Waals surface area contributed by atoms with Gasteiger partial charge in [0.25, 0.3) is 0 Å². The number of likely N-dealkylation sites (N-methyl/N-ethyl adjacent to an activating group) is 1. The van der Waals surface area contributed by atoms with Crippen molar-refractivity contribution in [3.8, 4) is 0 Å². The maximum absolute atomic E-state index is 12.7. The molecule has 7 nitrogen and oxygen atoms in total. The topological polar surface area (TPSA) is 93.7 Å². The van der Waals surface area contributed by atoms with Gasteiger partial charge in [0.1, 0.15) is 0 Å². The summed E-state index contributed by atoms with van der Waals surface area (Å²) < 4.78 is 0. The minimum absolute atomic E-state index is 0.0306. The number of benzene rings is 1. The first-order chi connectivity index (χ1) is 13.1. The zero-order chi connectivity index (χ0) is 20.7. The molecule has 0 aliphatic carbocycles. The Bertz CT molecular complexity index is 645. The number of aliphatic carboxylic acids is 1. The molecule has 0 saturated carbocycles. The Morgan fingerprint density at radius 2 is 1.93 bits per heavy atom. The highest BCUT2D eigenvalue weighted by Gasteiger charge is 2.33. The maximum Gasteiger partial charge on any atom is 0.317 e. The van der Waals surface area contributed by atoms with Crippen LogP contribution >= 0.6 is 0 Å². The number of carboxylic acids is 1. The fourth-order valence-corrected chi connectivity index (χ4v) is 3.43. The van der Waals surface area contributed by atoms with Gasteiger partial charge in [0.15, 0.2) is 0 Å². The fraction of sp³-hybridized carbons (Fsp3) is 0.619. The largest absolute Gasteiger partial charge is 0.481 e. The Balaban J connectivity index is 1.89. The molecule has 2 amide bonds. The molecule has 1 aromatic carbocycles. The third-order valence-corrected chi connectivity index (χ3v) is 5.23. The lowest BCUT2D eigenvalue weighted by Crippen LogP contribution is -2.48. The quantitative estimate of drug-likeness (QED) is 0.547. The lowest BCUT2D eigenvalue weighted by atomic mass is 9.84. The summed E-state index contributed by atoms with van der Waals surface area (Å²) in [7, 11) is 1.78. The van der Waals surface area contributed by atoms with Crippen molar-refractivity contribution < 1.29 is 14.7 Å². The predicted octanol–water partition coefficient (Wildman–Crippen LogP) is 2.39. The van der Waals surface area contributed by atoms with Gasteiger partial charge in [0.05, 0.1) is 0 Å². The number of carboxylic acid groups (broad SMARTS) is 1. The number of carbonyl (C=O) groups is 2. The van der Waals surface area contributed by atoms with Gasteiger partial charge in [0, 0.05) is 38.1 Å². The van der Waals surface area contributed by atoms with Crippen molar-refractivity contribution in [3.05, 3.63) is 35.9 Å². The Kier molecular flexibility index (Phi) is 7.83. The molecule has 4 N–H and O–H groups in total. The molecule has 1 aromatic rings. The van der Waals surface area contributed by atoms with E-state index >= 15 is 0 Å². The van der Waals surface area contributed by atoms with Crippen LogP contribution < -0.4 is 16.2 Å². The zero-order valence-electron chi connectivity index (χ0n) is 17.4. The smallest absolute Gasteiger partial charge is 0.317 e. The minimum atomic E-state index is -0.852. The molecule has 0 spiro atoms. The van der Waals surface area contributed by atoms with Gasteiger partial charge in [0.2, 0.25) is 0 Å². The predicted molar refractivity (Wildman–Crippen MR) is 110 cm³/mol. The van der Waals surface area contributed by atoms with E-state index in [1.807, 2.05) is 30.3 Å². The Hall–Kier alpha value is -2.12. The number of urea groups is 1. The van der Waals surface area contributed by atoms with Crippen molar-refractivity contribution in [2.24, 2.45) is 5.41 Å².